The van der Waals surface area contributed by atoms with Crippen molar-refractivity contribution in [2.45, 2.75) is 39.5 Å². The lowest BCUT2D eigenvalue weighted by Gasteiger charge is -2.06. The van der Waals surface area contributed by atoms with E-state index < -0.39 is 0 Å². The van der Waals surface area contributed by atoms with Crippen molar-refractivity contribution in [3.05, 3.63) is 34.2 Å². The van der Waals surface area contributed by atoms with Gasteiger partial charge in [-0.3, -0.25) is 0 Å². The molecule has 0 spiro atoms. The Kier molecular flexibility index (Phi) is 4.55. The van der Waals surface area contributed by atoms with Crippen molar-refractivity contribution in [3.63, 3.8) is 0 Å². The maximum Gasteiger partial charge on any atom is 0.397 e. The first kappa shape index (κ1) is 13.6. The third-order valence-corrected chi connectivity index (χ3v) is 2.95. The predicted molar refractivity (Wildman–Crippen MR) is 74.7 cm³/mol. The van der Waals surface area contributed by atoms with Gasteiger partial charge in [-0.2, -0.15) is 4.98 Å². The Morgan fingerprint density at radius 3 is 2.84 bits per heavy atom. The molecule has 1 aromatic carbocycles. The molecule has 2 aromatic rings. The summed E-state index contributed by atoms with van der Waals surface area (Å²) in [4.78, 5) is 16.3. The van der Waals surface area contributed by atoms with Crippen LogP contribution in [0.1, 0.15) is 38.7 Å². The Balaban J connectivity index is 2.43. The molecule has 4 heteroatoms. The third-order valence-electron chi connectivity index (χ3n) is 2.95. The molecular formula is C15H19NO3. The Bertz CT molecular complexity index is 604. The van der Waals surface area contributed by atoms with Crippen molar-refractivity contribution in [2.75, 3.05) is 6.61 Å². The molecule has 2 rings (SSSR count). The number of aromatic nitrogens is 1. The molecule has 0 aliphatic heterocycles. The molecule has 1 heterocycles. The molecule has 0 bridgehead atoms. The van der Waals surface area contributed by atoms with Gasteiger partial charge in [-0.25, -0.2) is 4.79 Å². The summed E-state index contributed by atoms with van der Waals surface area (Å²) in [5.41, 5.74) is 1.29. The summed E-state index contributed by atoms with van der Waals surface area (Å²) in [6, 6.07) is 5.70. The SMILES string of the molecule is CCCCc1cccc2nc(OCCC)oc(=O)c12. The molecule has 102 valence electrons. The predicted octanol–water partition coefficient (Wildman–Crippen LogP) is 3.32. The van der Waals surface area contributed by atoms with Gasteiger partial charge in [0.1, 0.15) is 0 Å². The summed E-state index contributed by atoms with van der Waals surface area (Å²) in [6.07, 6.45) is 3.92. The van der Waals surface area contributed by atoms with Gasteiger partial charge in [0.05, 0.1) is 17.5 Å². The second kappa shape index (κ2) is 6.36. The summed E-state index contributed by atoms with van der Waals surface area (Å²) < 4.78 is 10.4. The van der Waals surface area contributed by atoms with Crippen LogP contribution in [-0.4, -0.2) is 11.6 Å². The zero-order valence-electron chi connectivity index (χ0n) is 11.4. The number of unbranched alkanes of at least 4 members (excludes halogenated alkanes) is 1. The maximum atomic E-state index is 12.1. The highest BCUT2D eigenvalue weighted by atomic mass is 16.6. The third kappa shape index (κ3) is 3.13. The molecule has 0 aliphatic carbocycles. The first-order chi connectivity index (χ1) is 9.26. The first-order valence-corrected chi connectivity index (χ1v) is 6.81. The average molecular weight is 261 g/mol. The zero-order chi connectivity index (χ0) is 13.7. The number of hydrogen-bond acceptors (Lipinski definition) is 4. The lowest BCUT2D eigenvalue weighted by molar-refractivity contribution is 0.217. The Morgan fingerprint density at radius 1 is 1.26 bits per heavy atom. The van der Waals surface area contributed by atoms with Crippen LogP contribution in [0.2, 0.25) is 0 Å². The molecule has 0 aliphatic rings. The van der Waals surface area contributed by atoms with Gasteiger partial charge >= 0.3 is 11.7 Å². The maximum absolute atomic E-state index is 12.1. The molecule has 0 N–H and O–H groups in total. The van der Waals surface area contributed by atoms with Gasteiger partial charge in [0.25, 0.3) is 0 Å². The molecule has 0 amide bonds. The number of aryl methyl sites for hydroxylation is 1. The molecule has 0 atom stereocenters. The summed E-state index contributed by atoms with van der Waals surface area (Å²) in [7, 11) is 0. The monoisotopic (exact) mass is 261 g/mol. The van der Waals surface area contributed by atoms with E-state index in [1.165, 1.54) is 0 Å². The van der Waals surface area contributed by atoms with E-state index in [1.54, 1.807) is 0 Å². The van der Waals surface area contributed by atoms with Crippen LogP contribution in [0.4, 0.5) is 0 Å². The topological polar surface area (TPSA) is 52.3 Å². The van der Waals surface area contributed by atoms with E-state index in [0.717, 1.165) is 31.2 Å². The fourth-order valence-electron chi connectivity index (χ4n) is 1.99. The van der Waals surface area contributed by atoms with Gasteiger partial charge in [-0.05, 0) is 30.9 Å². The van der Waals surface area contributed by atoms with E-state index in [4.69, 9.17) is 9.15 Å². The lowest BCUT2D eigenvalue weighted by Crippen LogP contribution is -2.08. The van der Waals surface area contributed by atoms with Crippen LogP contribution in [0.3, 0.4) is 0 Å². The highest BCUT2D eigenvalue weighted by Crippen LogP contribution is 2.18. The smallest absolute Gasteiger partial charge is 0.397 e. The molecule has 0 saturated carbocycles. The Morgan fingerprint density at radius 2 is 2.11 bits per heavy atom. The number of ether oxygens (including phenoxy) is 1. The van der Waals surface area contributed by atoms with E-state index in [2.05, 4.69) is 11.9 Å². The number of nitrogens with zero attached hydrogens (tertiary/aromatic N) is 1. The van der Waals surface area contributed by atoms with E-state index >= 15 is 0 Å². The minimum atomic E-state index is -0.359. The average Bonchev–Trinajstić information content (AvgIpc) is 2.42. The molecular weight excluding hydrogens is 242 g/mol. The second-order valence-corrected chi connectivity index (χ2v) is 4.53. The first-order valence-electron chi connectivity index (χ1n) is 6.81. The van der Waals surface area contributed by atoms with Gasteiger partial charge in [0, 0.05) is 0 Å². The minimum absolute atomic E-state index is 0.0620. The van der Waals surface area contributed by atoms with E-state index in [0.29, 0.717) is 17.5 Å². The highest BCUT2D eigenvalue weighted by molar-refractivity contribution is 5.80. The van der Waals surface area contributed by atoms with Crippen molar-refractivity contribution in [3.8, 4) is 6.08 Å². The van der Waals surface area contributed by atoms with Gasteiger partial charge < -0.3 is 9.15 Å². The normalized spacial score (nSPS) is 10.8. The highest BCUT2D eigenvalue weighted by Gasteiger charge is 2.10. The van der Waals surface area contributed by atoms with Crippen LogP contribution in [0, 0.1) is 0 Å². The number of benzene rings is 1. The van der Waals surface area contributed by atoms with Crippen LogP contribution in [0.25, 0.3) is 10.9 Å². The largest absolute Gasteiger partial charge is 0.450 e. The number of rotatable bonds is 6. The van der Waals surface area contributed by atoms with E-state index in [1.807, 2.05) is 25.1 Å². The molecule has 0 saturated heterocycles. The van der Waals surface area contributed by atoms with Crippen molar-refractivity contribution in [1.82, 2.24) is 4.98 Å². The fraction of sp³-hybridized carbons (Fsp3) is 0.467. The van der Waals surface area contributed by atoms with Gasteiger partial charge in [-0.15, -0.1) is 0 Å². The van der Waals surface area contributed by atoms with Gasteiger partial charge in [-0.1, -0.05) is 32.4 Å². The van der Waals surface area contributed by atoms with E-state index in [9.17, 15) is 4.79 Å². The van der Waals surface area contributed by atoms with Gasteiger partial charge in [0.15, 0.2) is 0 Å². The van der Waals surface area contributed by atoms with Crippen molar-refractivity contribution in [2.24, 2.45) is 0 Å². The fourth-order valence-corrected chi connectivity index (χ4v) is 1.99. The van der Waals surface area contributed by atoms with Crippen molar-refractivity contribution >= 4 is 10.9 Å². The van der Waals surface area contributed by atoms with Crippen LogP contribution in [0.15, 0.2) is 27.4 Å². The van der Waals surface area contributed by atoms with Crippen molar-refractivity contribution in [1.29, 1.82) is 0 Å². The molecule has 4 nitrogen and oxygen atoms in total. The standard InChI is InChI=1S/C15H19NO3/c1-3-5-7-11-8-6-9-12-13(11)14(17)19-15(16-12)18-10-4-2/h6,8-9H,3-5,7,10H2,1-2H3. The minimum Gasteiger partial charge on any atom is -0.450 e. The number of hydrogen-bond donors (Lipinski definition) is 0. The van der Waals surface area contributed by atoms with Crippen LogP contribution < -0.4 is 10.4 Å². The van der Waals surface area contributed by atoms with Crippen LogP contribution in [-0.2, 0) is 6.42 Å². The number of fused-ring (bicyclic) bond motifs is 1. The zero-order valence-corrected chi connectivity index (χ0v) is 11.4. The van der Waals surface area contributed by atoms with Crippen molar-refractivity contribution < 1.29 is 9.15 Å². The van der Waals surface area contributed by atoms with Crippen LogP contribution in [0.5, 0.6) is 6.08 Å². The molecule has 0 fully saturated rings. The van der Waals surface area contributed by atoms with E-state index in [-0.39, 0.29) is 11.7 Å². The lowest BCUT2D eigenvalue weighted by atomic mass is 10.0. The quantitative estimate of drug-likeness (QED) is 0.800. The Hall–Kier alpha value is -1.84. The molecule has 0 unspecified atom stereocenters. The summed E-state index contributed by atoms with van der Waals surface area (Å²) in [6.45, 7) is 4.61. The summed E-state index contributed by atoms with van der Waals surface area (Å²) >= 11 is 0. The molecule has 0 radical (unpaired) electrons. The van der Waals surface area contributed by atoms with Crippen LogP contribution >= 0.6 is 0 Å². The summed E-state index contributed by atoms with van der Waals surface area (Å²) in [5.74, 6) is 0. The molecule has 19 heavy (non-hydrogen) atoms. The second-order valence-electron chi connectivity index (χ2n) is 4.53. The summed E-state index contributed by atoms with van der Waals surface area (Å²) in [5, 5.41) is 0.583. The Labute approximate surface area is 112 Å². The van der Waals surface area contributed by atoms with Gasteiger partial charge in [0.2, 0.25) is 0 Å². The molecule has 1 aromatic heterocycles.